The second kappa shape index (κ2) is 7.30. The molecular weight excluding hydrogens is 431 g/mol. The summed E-state index contributed by atoms with van der Waals surface area (Å²) in [5, 5.41) is 6.98. The van der Waals surface area contributed by atoms with Crippen LogP contribution in [-0.2, 0) is 6.42 Å². The number of ether oxygens (including phenoxy) is 1. The number of para-hydroxylation sites is 1. The van der Waals surface area contributed by atoms with Crippen LogP contribution < -0.4 is 4.74 Å². The Kier molecular flexibility index (Phi) is 4.63. The van der Waals surface area contributed by atoms with E-state index in [1.807, 2.05) is 23.2 Å². The van der Waals surface area contributed by atoms with Crippen molar-refractivity contribution in [1.82, 2.24) is 5.01 Å². The van der Waals surface area contributed by atoms with Crippen LogP contribution in [-0.4, -0.2) is 10.7 Å². The lowest BCUT2D eigenvalue weighted by molar-refractivity contribution is -0.0191. The van der Waals surface area contributed by atoms with Crippen molar-refractivity contribution in [2.75, 3.05) is 0 Å². The first-order valence-electron chi connectivity index (χ1n) is 9.79. The van der Waals surface area contributed by atoms with E-state index < -0.39 is 6.23 Å². The number of nitrogens with zero attached hydrogens (tertiary/aromatic N) is 2. The molecule has 2 aliphatic heterocycles. The third kappa shape index (κ3) is 3.23. The molecule has 0 N–H and O–H groups in total. The van der Waals surface area contributed by atoms with E-state index in [4.69, 9.17) is 9.84 Å². The first kappa shape index (κ1) is 18.4. The number of fused-ring (bicyclic) bond motifs is 3. The highest BCUT2D eigenvalue weighted by atomic mass is 79.9. The van der Waals surface area contributed by atoms with Gasteiger partial charge in [-0.25, -0.2) is 9.40 Å². The van der Waals surface area contributed by atoms with Gasteiger partial charge < -0.3 is 4.74 Å². The number of benzene rings is 3. The lowest BCUT2D eigenvalue weighted by atomic mass is 9.95. The molecule has 3 nitrogen and oxygen atoms in total. The Labute approximate surface area is 177 Å². The lowest BCUT2D eigenvalue weighted by Gasteiger charge is -2.38. The van der Waals surface area contributed by atoms with Gasteiger partial charge in [0.1, 0.15) is 11.6 Å². The fourth-order valence-corrected chi connectivity index (χ4v) is 4.42. The highest BCUT2D eigenvalue weighted by molar-refractivity contribution is 9.10. The predicted molar refractivity (Wildman–Crippen MR) is 115 cm³/mol. The van der Waals surface area contributed by atoms with Crippen molar-refractivity contribution >= 4 is 21.6 Å². The van der Waals surface area contributed by atoms with Crippen molar-refractivity contribution in [1.29, 1.82) is 0 Å². The summed E-state index contributed by atoms with van der Waals surface area (Å²) >= 11 is 3.29. The standard InChI is InChI=1S/C24H20BrFN2O/c1-2-15-7-9-16(10-8-15)21-14-22-18-5-3-4-6-23(18)29-24(28(22)27-21)17-11-12-20(26)19(25)13-17/h3-13,22,24H,2,14H2,1H3/t22-,24-/m1/s1. The summed E-state index contributed by atoms with van der Waals surface area (Å²) in [5.41, 5.74) is 5.49. The van der Waals surface area contributed by atoms with Gasteiger partial charge in [0.15, 0.2) is 0 Å². The second-order valence-corrected chi connectivity index (χ2v) is 8.23. The van der Waals surface area contributed by atoms with Crippen molar-refractivity contribution in [3.8, 4) is 5.75 Å². The Balaban J connectivity index is 1.57. The summed E-state index contributed by atoms with van der Waals surface area (Å²) < 4.78 is 20.5. The molecule has 3 aromatic carbocycles. The normalized spacial score (nSPS) is 20.0. The summed E-state index contributed by atoms with van der Waals surface area (Å²) in [6, 6.07) is 21.8. The van der Waals surface area contributed by atoms with Crippen LogP contribution in [0.25, 0.3) is 0 Å². The predicted octanol–water partition coefficient (Wildman–Crippen LogP) is 6.39. The van der Waals surface area contributed by atoms with Gasteiger partial charge in [-0.05, 0) is 51.7 Å². The number of rotatable bonds is 3. The molecule has 0 radical (unpaired) electrons. The number of halogens is 2. The van der Waals surface area contributed by atoms with E-state index in [-0.39, 0.29) is 11.9 Å². The first-order chi connectivity index (χ1) is 14.1. The Hall–Kier alpha value is -2.66. The molecule has 0 saturated heterocycles. The van der Waals surface area contributed by atoms with E-state index in [0.29, 0.717) is 4.47 Å². The number of hydrogen-bond donors (Lipinski definition) is 0. The molecule has 0 amide bonds. The summed E-state index contributed by atoms with van der Waals surface area (Å²) in [6.45, 7) is 2.15. The molecule has 5 heteroatoms. The molecule has 0 unspecified atom stereocenters. The first-order valence-corrected chi connectivity index (χ1v) is 10.6. The van der Waals surface area contributed by atoms with Crippen molar-refractivity contribution in [2.24, 2.45) is 5.10 Å². The Morgan fingerprint density at radius 1 is 1.10 bits per heavy atom. The molecule has 2 atom stereocenters. The maximum atomic E-state index is 13.8. The fraction of sp³-hybridized carbons (Fsp3) is 0.208. The minimum Gasteiger partial charge on any atom is -0.464 e. The molecule has 0 fully saturated rings. The topological polar surface area (TPSA) is 24.8 Å². The van der Waals surface area contributed by atoms with Crippen molar-refractivity contribution < 1.29 is 9.13 Å². The van der Waals surface area contributed by atoms with Gasteiger partial charge in [0.2, 0.25) is 6.23 Å². The molecule has 3 aromatic rings. The largest absolute Gasteiger partial charge is 0.464 e. The Morgan fingerprint density at radius 3 is 2.66 bits per heavy atom. The van der Waals surface area contributed by atoms with Crippen LogP contribution in [0.3, 0.4) is 0 Å². The summed E-state index contributed by atoms with van der Waals surface area (Å²) in [4.78, 5) is 0. The lowest BCUT2D eigenvalue weighted by Crippen LogP contribution is -2.33. The third-order valence-electron chi connectivity index (χ3n) is 5.62. The zero-order valence-corrected chi connectivity index (χ0v) is 17.6. The summed E-state index contributed by atoms with van der Waals surface area (Å²) in [5.74, 6) is 0.570. The van der Waals surface area contributed by atoms with Crippen molar-refractivity contribution in [3.05, 3.63) is 99.3 Å². The third-order valence-corrected chi connectivity index (χ3v) is 6.23. The van der Waals surface area contributed by atoms with Gasteiger partial charge >= 0.3 is 0 Å². The minimum absolute atomic E-state index is 0.0923. The molecular formula is C24H20BrFN2O. The SMILES string of the molecule is CCc1ccc(C2=NN3[C@H](C2)c2ccccc2O[C@@H]3c2ccc(F)c(Br)c2)cc1. The van der Waals surface area contributed by atoms with Gasteiger partial charge in [-0.3, -0.25) is 0 Å². The molecule has 2 aliphatic rings. The van der Waals surface area contributed by atoms with Crippen molar-refractivity contribution in [2.45, 2.75) is 32.0 Å². The maximum Gasteiger partial charge on any atom is 0.213 e. The number of hydrazone groups is 1. The van der Waals surface area contributed by atoms with Crippen LogP contribution in [0, 0.1) is 5.82 Å². The zero-order chi connectivity index (χ0) is 20.0. The monoisotopic (exact) mass is 450 g/mol. The minimum atomic E-state index is -0.404. The smallest absolute Gasteiger partial charge is 0.213 e. The fourth-order valence-electron chi connectivity index (χ4n) is 4.03. The molecule has 146 valence electrons. The highest BCUT2D eigenvalue weighted by Crippen LogP contribution is 2.47. The van der Waals surface area contributed by atoms with E-state index in [9.17, 15) is 4.39 Å². The van der Waals surface area contributed by atoms with E-state index in [0.717, 1.165) is 41.0 Å². The van der Waals surface area contributed by atoms with Gasteiger partial charge in [0.25, 0.3) is 0 Å². The Bertz CT molecular complexity index is 1100. The van der Waals surface area contributed by atoms with Crippen LogP contribution in [0.5, 0.6) is 5.75 Å². The summed E-state index contributed by atoms with van der Waals surface area (Å²) in [6.07, 6.45) is 1.42. The van der Waals surface area contributed by atoms with Gasteiger partial charge in [-0.15, -0.1) is 0 Å². The maximum absolute atomic E-state index is 13.8. The van der Waals surface area contributed by atoms with Gasteiger partial charge in [0.05, 0.1) is 16.2 Å². The average Bonchev–Trinajstić information content (AvgIpc) is 3.21. The van der Waals surface area contributed by atoms with E-state index >= 15 is 0 Å². The quantitative estimate of drug-likeness (QED) is 0.461. The molecule has 5 rings (SSSR count). The van der Waals surface area contributed by atoms with Crippen LogP contribution in [0.4, 0.5) is 4.39 Å². The molecule has 2 heterocycles. The number of aryl methyl sites for hydroxylation is 1. The van der Waals surface area contributed by atoms with E-state index in [1.54, 1.807) is 12.1 Å². The van der Waals surface area contributed by atoms with Crippen LogP contribution >= 0.6 is 15.9 Å². The van der Waals surface area contributed by atoms with Gasteiger partial charge in [-0.2, -0.15) is 5.10 Å². The molecule has 0 aliphatic carbocycles. The zero-order valence-electron chi connectivity index (χ0n) is 16.0. The van der Waals surface area contributed by atoms with Gasteiger partial charge in [0, 0.05) is 17.5 Å². The Morgan fingerprint density at radius 2 is 1.90 bits per heavy atom. The molecule has 0 spiro atoms. The average molecular weight is 451 g/mol. The van der Waals surface area contributed by atoms with Gasteiger partial charge in [-0.1, -0.05) is 55.5 Å². The van der Waals surface area contributed by atoms with E-state index in [2.05, 4.69) is 53.2 Å². The molecule has 29 heavy (non-hydrogen) atoms. The molecule has 0 bridgehead atoms. The highest BCUT2D eigenvalue weighted by Gasteiger charge is 2.40. The summed E-state index contributed by atoms with van der Waals surface area (Å²) in [7, 11) is 0. The van der Waals surface area contributed by atoms with Crippen LogP contribution in [0.2, 0.25) is 0 Å². The van der Waals surface area contributed by atoms with E-state index in [1.165, 1.54) is 11.6 Å². The number of hydrogen-bond acceptors (Lipinski definition) is 3. The van der Waals surface area contributed by atoms with Crippen LogP contribution in [0.15, 0.2) is 76.3 Å². The molecule has 0 aromatic heterocycles. The second-order valence-electron chi connectivity index (χ2n) is 7.38. The van der Waals surface area contributed by atoms with Crippen molar-refractivity contribution in [3.63, 3.8) is 0 Å². The molecule has 0 saturated carbocycles. The van der Waals surface area contributed by atoms with Crippen LogP contribution in [0.1, 0.15) is 47.9 Å².